The molecule has 0 saturated heterocycles. The summed E-state index contributed by atoms with van der Waals surface area (Å²) in [5, 5.41) is 6.10. The monoisotopic (exact) mass is 473 g/mol. The van der Waals surface area contributed by atoms with Crippen molar-refractivity contribution in [3.63, 3.8) is 0 Å². The van der Waals surface area contributed by atoms with Crippen LogP contribution < -0.4 is 10.2 Å². The lowest BCUT2D eigenvalue weighted by atomic mass is 10.0. The van der Waals surface area contributed by atoms with Gasteiger partial charge in [-0.2, -0.15) is 0 Å². The molecule has 4 aromatic rings. The van der Waals surface area contributed by atoms with Crippen LogP contribution in [0, 0.1) is 0 Å². The number of fused-ring (bicyclic) bond motifs is 1. The molecule has 0 aliphatic carbocycles. The molecule has 1 unspecified atom stereocenters. The van der Waals surface area contributed by atoms with E-state index < -0.39 is 0 Å². The van der Waals surface area contributed by atoms with Crippen molar-refractivity contribution in [3.05, 3.63) is 82.0 Å². The van der Waals surface area contributed by atoms with Crippen LogP contribution in [0.1, 0.15) is 29.0 Å². The van der Waals surface area contributed by atoms with Gasteiger partial charge in [0.2, 0.25) is 11.8 Å². The Balaban J connectivity index is 1.36. The maximum absolute atomic E-state index is 13.0. The molecule has 0 spiro atoms. The highest BCUT2D eigenvalue weighted by molar-refractivity contribution is 7.21. The highest BCUT2D eigenvalue weighted by Crippen LogP contribution is 2.36. The number of carbonyl (C=O) groups excluding carboxylic acids is 2. The van der Waals surface area contributed by atoms with Gasteiger partial charge in [0.1, 0.15) is 5.01 Å². The molecule has 0 bridgehead atoms. The zero-order chi connectivity index (χ0) is 22.9. The number of benzene rings is 2. The second kappa shape index (κ2) is 8.92. The fourth-order valence-electron chi connectivity index (χ4n) is 4.08. The fraction of sp³-hybridized carbons (Fsp3) is 0.192. The van der Waals surface area contributed by atoms with Gasteiger partial charge < -0.3 is 10.2 Å². The number of anilines is 1. The normalized spacial score (nSPS) is 13.8. The van der Waals surface area contributed by atoms with Gasteiger partial charge in [-0.25, -0.2) is 4.98 Å². The van der Waals surface area contributed by atoms with Gasteiger partial charge in [0.25, 0.3) is 0 Å². The summed E-state index contributed by atoms with van der Waals surface area (Å²) in [4.78, 5) is 33.6. The summed E-state index contributed by atoms with van der Waals surface area (Å²) < 4.78 is 0. The molecular weight excluding hydrogens is 450 g/mol. The van der Waals surface area contributed by atoms with Crippen molar-refractivity contribution in [2.45, 2.75) is 25.8 Å². The first-order chi connectivity index (χ1) is 16.0. The maximum atomic E-state index is 13.0. The first-order valence-corrected chi connectivity index (χ1v) is 12.5. The third-order valence-electron chi connectivity index (χ3n) is 5.86. The van der Waals surface area contributed by atoms with E-state index in [1.807, 2.05) is 66.9 Å². The Hall–Kier alpha value is -3.29. The molecule has 33 heavy (non-hydrogen) atoms. The number of rotatable bonds is 6. The Labute approximate surface area is 200 Å². The van der Waals surface area contributed by atoms with Crippen LogP contribution in [0.3, 0.4) is 0 Å². The van der Waals surface area contributed by atoms with Gasteiger partial charge in [0, 0.05) is 23.2 Å². The Bertz CT molecular complexity index is 1310. The number of thiophene rings is 1. The lowest BCUT2D eigenvalue weighted by molar-refractivity contribution is -0.121. The molecule has 5 nitrogen and oxygen atoms in total. The molecule has 0 fully saturated rings. The molecule has 1 aliphatic heterocycles. The van der Waals surface area contributed by atoms with E-state index in [0.717, 1.165) is 42.8 Å². The van der Waals surface area contributed by atoms with Crippen LogP contribution in [-0.4, -0.2) is 23.8 Å². The highest BCUT2D eigenvalue weighted by atomic mass is 32.1. The van der Waals surface area contributed by atoms with E-state index in [0.29, 0.717) is 6.42 Å². The van der Waals surface area contributed by atoms with Crippen molar-refractivity contribution in [2.75, 3.05) is 11.9 Å². The molecule has 2 aromatic heterocycles. The van der Waals surface area contributed by atoms with Gasteiger partial charge >= 0.3 is 0 Å². The summed E-state index contributed by atoms with van der Waals surface area (Å²) in [6.45, 7) is 1.97. The summed E-state index contributed by atoms with van der Waals surface area (Å²) in [6.07, 6.45) is 0.677. The quantitative estimate of drug-likeness (QED) is 0.403. The van der Waals surface area contributed by atoms with Crippen molar-refractivity contribution >= 4 is 40.2 Å². The third kappa shape index (κ3) is 4.34. The SMILES string of the molecule is CC(NC(=O)Cc1sc(-c2cccs2)nc1-c1ccccc1)c1ccc2c(c1)CC(=O)N2C. The van der Waals surface area contributed by atoms with Gasteiger partial charge in [-0.3, -0.25) is 9.59 Å². The fourth-order valence-corrected chi connectivity index (χ4v) is 5.96. The molecular formula is C26H23N3O2S2. The molecule has 3 heterocycles. The van der Waals surface area contributed by atoms with Crippen molar-refractivity contribution in [3.8, 4) is 21.1 Å². The number of nitrogens with zero attached hydrogens (tertiary/aromatic N) is 2. The average molecular weight is 474 g/mol. The molecule has 0 saturated carbocycles. The van der Waals surface area contributed by atoms with Gasteiger partial charge in [0.15, 0.2) is 0 Å². The minimum atomic E-state index is -0.159. The number of thiazole rings is 1. The molecule has 5 rings (SSSR count). The van der Waals surface area contributed by atoms with Crippen LogP contribution in [0.25, 0.3) is 21.1 Å². The van der Waals surface area contributed by atoms with Gasteiger partial charge in [-0.05, 0) is 35.6 Å². The number of hydrogen-bond donors (Lipinski definition) is 1. The summed E-state index contributed by atoms with van der Waals surface area (Å²) in [5.41, 5.74) is 4.83. The van der Waals surface area contributed by atoms with Crippen molar-refractivity contribution in [1.29, 1.82) is 0 Å². The third-order valence-corrected chi connectivity index (χ3v) is 7.95. The Morgan fingerprint density at radius 2 is 1.97 bits per heavy atom. The second-order valence-electron chi connectivity index (χ2n) is 8.12. The van der Waals surface area contributed by atoms with Gasteiger partial charge in [-0.1, -0.05) is 48.5 Å². The predicted octanol–water partition coefficient (Wildman–Crippen LogP) is 5.48. The Kier molecular flexibility index (Phi) is 5.83. The topological polar surface area (TPSA) is 62.3 Å². The number of nitrogens with one attached hydrogen (secondary N) is 1. The standard InChI is InChI=1S/C26H23N3O2S2/c1-16(18-10-11-20-19(13-18)14-24(31)29(20)2)27-23(30)15-22-25(17-7-4-3-5-8-17)28-26(33-22)21-9-6-12-32-21/h3-13,16H,14-15H2,1-2H3,(H,27,30). The van der Waals surface area contributed by atoms with E-state index >= 15 is 0 Å². The molecule has 1 atom stereocenters. The van der Waals surface area contributed by atoms with E-state index in [9.17, 15) is 9.59 Å². The van der Waals surface area contributed by atoms with Gasteiger partial charge in [-0.15, -0.1) is 22.7 Å². The Morgan fingerprint density at radius 1 is 1.15 bits per heavy atom. The predicted molar refractivity (Wildman–Crippen MR) is 135 cm³/mol. The summed E-state index contributed by atoms with van der Waals surface area (Å²) in [7, 11) is 1.79. The lowest BCUT2D eigenvalue weighted by Crippen LogP contribution is -2.28. The minimum absolute atomic E-state index is 0.0465. The van der Waals surface area contributed by atoms with E-state index in [1.165, 1.54) is 0 Å². The van der Waals surface area contributed by atoms with Crippen LogP contribution in [0.4, 0.5) is 5.69 Å². The van der Waals surface area contributed by atoms with Crippen LogP contribution in [-0.2, 0) is 22.4 Å². The van der Waals surface area contributed by atoms with Crippen molar-refractivity contribution in [1.82, 2.24) is 10.3 Å². The number of carbonyl (C=O) groups is 2. The largest absolute Gasteiger partial charge is 0.349 e. The van der Waals surface area contributed by atoms with Crippen LogP contribution in [0.5, 0.6) is 0 Å². The number of amides is 2. The molecule has 0 radical (unpaired) electrons. The van der Waals surface area contributed by atoms with E-state index in [1.54, 1.807) is 34.6 Å². The molecule has 166 valence electrons. The first kappa shape index (κ1) is 21.6. The summed E-state index contributed by atoms with van der Waals surface area (Å²) >= 11 is 3.23. The molecule has 7 heteroatoms. The summed E-state index contributed by atoms with van der Waals surface area (Å²) in [5.74, 6) is 0.0498. The molecule has 2 aromatic carbocycles. The minimum Gasteiger partial charge on any atom is -0.349 e. The van der Waals surface area contributed by atoms with Crippen molar-refractivity contribution < 1.29 is 9.59 Å². The first-order valence-electron chi connectivity index (χ1n) is 10.8. The zero-order valence-corrected chi connectivity index (χ0v) is 20.0. The van der Waals surface area contributed by atoms with Gasteiger partial charge in [0.05, 0.1) is 29.5 Å². The number of hydrogen-bond acceptors (Lipinski definition) is 5. The van der Waals surface area contributed by atoms with Crippen LogP contribution in [0.15, 0.2) is 66.0 Å². The van der Waals surface area contributed by atoms with Crippen LogP contribution >= 0.6 is 22.7 Å². The van der Waals surface area contributed by atoms with E-state index in [2.05, 4.69) is 11.4 Å². The van der Waals surface area contributed by atoms with Crippen molar-refractivity contribution in [2.24, 2.45) is 0 Å². The van der Waals surface area contributed by atoms with Crippen LogP contribution in [0.2, 0.25) is 0 Å². The molecule has 1 N–H and O–H groups in total. The zero-order valence-electron chi connectivity index (χ0n) is 18.4. The highest BCUT2D eigenvalue weighted by Gasteiger charge is 2.25. The smallest absolute Gasteiger partial charge is 0.231 e. The second-order valence-corrected chi connectivity index (χ2v) is 10.1. The number of aromatic nitrogens is 1. The van der Waals surface area contributed by atoms with E-state index in [4.69, 9.17) is 4.98 Å². The Morgan fingerprint density at radius 3 is 2.73 bits per heavy atom. The maximum Gasteiger partial charge on any atom is 0.231 e. The van der Waals surface area contributed by atoms with E-state index in [-0.39, 0.29) is 24.3 Å². The number of likely N-dealkylation sites (N-methyl/N-ethyl adjacent to an activating group) is 1. The lowest BCUT2D eigenvalue weighted by Gasteiger charge is -2.16. The average Bonchev–Trinajstić information content (AvgIpc) is 3.54. The molecule has 2 amide bonds. The molecule has 1 aliphatic rings. The summed E-state index contributed by atoms with van der Waals surface area (Å²) in [6, 6.07) is 19.9.